The number of amides is 2. The number of methoxy groups -OCH3 is 2. The molecule has 2 amide bonds. The number of nitrogens with zero attached hydrogens (tertiary/aromatic N) is 2. The molecule has 0 atom stereocenters. The van der Waals surface area contributed by atoms with Crippen LogP contribution < -0.4 is 9.47 Å². The summed E-state index contributed by atoms with van der Waals surface area (Å²) < 4.78 is 10.6. The van der Waals surface area contributed by atoms with Crippen LogP contribution in [0.1, 0.15) is 24.0 Å². The maximum atomic E-state index is 13.4. The molecule has 0 bridgehead atoms. The van der Waals surface area contributed by atoms with Gasteiger partial charge in [-0.05, 0) is 36.6 Å². The Morgan fingerprint density at radius 1 is 0.862 bits per heavy atom. The predicted octanol–water partition coefficient (Wildman–Crippen LogP) is 3.08. The first-order valence-corrected chi connectivity index (χ1v) is 9.75. The maximum Gasteiger partial charge on any atom is 0.278 e. The van der Waals surface area contributed by atoms with Gasteiger partial charge < -0.3 is 14.4 Å². The summed E-state index contributed by atoms with van der Waals surface area (Å²) in [7, 11) is 3.19. The SMILES string of the molecule is COc1ccc(C2=C(N3CCCC3)C(=O)N(Cc3ccccc3OC)C2=O)cc1. The Morgan fingerprint density at radius 3 is 2.21 bits per heavy atom. The third-order valence-electron chi connectivity index (χ3n) is 5.47. The first-order valence-electron chi connectivity index (χ1n) is 9.75. The van der Waals surface area contributed by atoms with Crippen molar-refractivity contribution in [3.63, 3.8) is 0 Å². The van der Waals surface area contributed by atoms with Gasteiger partial charge in [-0.3, -0.25) is 14.5 Å². The van der Waals surface area contributed by atoms with Crippen LogP contribution in [0.25, 0.3) is 5.57 Å². The van der Waals surface area contributed by atoms with E-state index in [1.165, 1.54) is 4.90 Å². The van der Waals surface area contributed by atoms with Gasteiger partial charge in [0.05, 0.1) is 26.3 Å². The molecule has 2 heterocycles. The summed E-state index contributed by atoms with van der Waals surface area (Å²) in [4.78, 5) is 30.1. The number of benzene rings is 2. The van der Waals surface area contributed by atoms with Crippen LogP contribution >= 0.6 is 0 Å². The molecule has 0 aromatic heterocycles. The molecular formula is C23H24N2O4. The van der Waals surface area contributed by atoms with Crippen molar-refractivity contribution in [1.82, 2.24) is 9.80 Å². The van der Waals surface area contributed by atoms with Gasteiger partial charge >= 0.3 is 0 Å². The molecule has 0 spiro atoms. The van der Waals surface area contributed by atoms with Crippen molar-refractivity contribution in [2.75, 3.05) is 27.3 Å². The quantitative estimate of drug-likeness (QED) is 0.707. The fraction of sp³-hybridized carbons (Fsp3) is 0.304. The van der Waals surface area contributed by atoms with Crippen LogP contribution in [0, 0.1) is 0 Å². The third-order valence-corrected chi connectivity index (χ3v) is 5.47. The normalized spacial score (nSPS) is 16.8. The summed E-state index contributed by atoms with van der Waals surface area (Å²) in [6.07, 6.45) is 2.04. The lowest BCUT2D eigenvalue weighted by molar-refractivity contribution is -0.138. The Balaban J connectivity index is 1.73. The van der Waals surface area contributed by atoms with E-state index >= 15 is 0 Å². The molecule has 2 aliphatic heterocycles. The number of hydrogen-bond acceptors (Lipinski definition) is 5. The summed E-state index contributed by atoms with van der Waals surface area (Å²) in [5, 5.41) is 0. The lowest BCUT2D eigenvalue weighted by Gasteiger charge is -2.20. The second-order valence-electron chi connectivity index (χ2n) is 7.15. The topological polar surface area (TPSA) is 59.1 Å². The molecule has 29 heavy (non-hydrogen) atoms. The average Bonchev–Trinajstić information content (AvgIpc) is 3.36. The number of ether oxygens (including phenoxy) is 2. The molecule has 2 aromatic carbocycles. The van der Waals surface area contributed by atoms with Crippen LogP contribution in [0.3, 0.4) is 0 Å². The second-order valence-corrected chi connectivity index (χ2v) is 7.15. The number of likely N-dealkylation sites (tertiary alicyclic amines) is 1. The van der Waals surface area contributed by atoms with Gasteiger partial charge in [-0.1, -0.05) is 30.3 Å². The van der Waals surface area contributed by atoms with E-state index < -0.39 is 0 Å². The highest BCUT2D eigenvalue weighted by Crippen LogP contribution is 2.35. The Bertz CT molecular complexity index is 959. The lowest BCUT2D eigenvalue weighted by Crippen LogP contribution is -2.34. The molecule has 6 heteroatoms. The minimum Gasteiger partial charge on any atom is -0.497 e. The molecule has 0 unspecified atom stereocenters. The van der Waals surface area contributed by atoms with Gasteiger partial charge in [0.2, 0.25) is 0 Å². The summed E-state index contributed by atoms with van der Waals surface area (Å²) >= 11 is 0. The van der Waals surface area contributed by atoms with E-state index in [-0.39, 0.29) is 18.4 Å². The Labute approximate surface area is 170 Å². The number of rotatable bonds is 6. The molecule has 2 aromatic rings. The molecule has 1 saturated heterocycles. The van der Waals surface area contributed by atoms with Gasteiger partial charge in [0, 0.05) is 18.7 Å². The van der Waals surface area contributed by atoms with Crippen LogP contribution in [-0.2, 0) is 16.1 Å². The van der Waals surface area contributed by atoms with Crippen molar-refractivity contribution in [3.05, 3.63) is 65.4 Å². The van der Waals surface area contributed by atoms with Crippen LogP contribution in [-0.4, -0.2) is 48.9 Å². The van der Waals surface area contributed by atoms with Crippen molar-refractivity contribution in [1.29, 1.82) is 0 Å². The molecule has 0 aliphatic carbocycles. The molecular weight excluding hydrogens is 368 g/mol. The molecule has 2 aliphatic rings. The van der Waals surface area contributed by atoms with Crippen molar-refractivity contribution in [2.45, 2.75) is 19.4 Å². The van der Waals surface area contributed by atoms with Crippen molar-refractivity contribution < 1.29 is 19.1 Å². The predicted molar refractivity (Wildman–Crippen MR) is 109 cm³/mol. The van der Waals surface area contributed by atoms with Gasteiger partial charge in [-0.25, -0.2) is 0 Å². The summed E-state index contributed by atoms with van der Waals surface area (Å²) in [6.45, 7) is 1.76. The first kappa shape index (κ1) is 19.1. The maximum absolute atomic E-state index is 13.4. The standard InChI is InChI=1S/C23H24N2O4/c1-28-18-11-9-16(10-12-18)20-21(24-13-5-6-14-24)23(27)25(22(20)26)15-17-7-3-4-8-19(17)29-2/h3-4,7-12H,5-6,13-15H2,1-2H3. The third kappa shape index (κ3) is 3.46. The molecule has 0 N–H and O–H groups in total. The zero-order chi connectivity index (χ0) is 20.4. The van der Waals surface area contributed by atoms with E-state index in [2.05, 4.69) is 0 Å². The van der Waals surface area contributed by atoms with Gasteiger partial charge in [0.25, 0.3) is 11.8 Å². The largest absolute Gasteiger partial charge is 0.497 e. The number of hydrogen-bond donors (Lipinski definition) is 0. The molecule has 0 saturated carbocycles. The number of carbonyl (C=O) groups excluding carboxylic acids is 2. The van der Waals surface area contributed by atoms with E-state index in [0.29, 0.717) is 22.8 Å². The van der Waals surface area contributed by atoms with E-state index in [4.69, 9.17) is 9.47 Å². The molecule has 4 rings (SSSR count). The number of para-hydroxylation sites is 1. The van der Waals surface area contributed by atoms with E-state index in [0.717, 1.165) is 37.1 Å². The Kier molecular flexibility index (Phi) is 5.25. The van der Waals surface area contributed by atoms with Gasteiger partial charge in [-0.15, -0.1) is 0 Å². The summed E-state index contributed by atoms with van der Waals surface area (Å²) in [6, 6.07) is 14.7. The average molecular weight is 392 g/mol. The second kappa shape index (κ2) is 7.99. The summed E-state index contributed by atoms with van der Waals surface area (Å²) in [5.41, 5.74) is 2.50. The van der Waals surface area contributed by atoms with Crippen LogP contribution in [0.5, 0.6) is 11.5 Å². The van der Waals surface area contributed by atoms with Gasteiger partial charge in [-0.2, -0.15) is 0 Å². The Hall–Kier alpha value is -3.28. The van der Waals surface area contributed by atoms with Gasteiger partial charge in [0.1, 0.15) is 17.2 Å². The molecule has 0 radical (unpaired) electrons. The van der Waals surface area contributed by atoms with Gasteiger partial charge in [0.15, 0.2) is 0 Å². The highest BCUT2D eigenvalue weighted by Gasteiger charge is 2.42. The van der Waals surface area contributed by atoms with E-state index in [1.54, 1.807) is 14.2 Å². The van der Waals surface area contributed by atoms with E-state index in [9.17, 15) is 9.59 Å². The zero-order valence-corrected chi connectivity index (χ0v) is 16.7. The fourth-order valence-corrected chi connectivity index (χ4v) is 3.96. The fourth-order valence-electron chi connectivity index (χ4n) is 3.96. The van der Waals surface area contributed by atoms with Crippen LogP contribution in [0.2, 0.25) is 0 Å². The van der Waals surface area contributed by atoms with Crippen molar-refractivity contribution in [3.8, 4) is 11.5 Å². The minimum atomic E-state index is -0.270. The van der Waals surface area contributed by atoms with Crippen molar-refractivity contribution in [2.24, 2.45) is 0 Å². The molecule has 150 valence electrons. The highest BCUT2D eigenvalue weighted by molar-refractivity contribution is 6.35. The minimum absolute atomic E-state index is 0.179. The lowest BCUT2D eigenvalue weighted by atomic mass is 10.0. The highest BCUT2D eigenvalue weighted by atomic mass is 16.5. The summed E-state index contributed by atoms with van der Waals surface area (Å²) in [5.74, 6) is 0.857. The molecule has 1 fully saturated rings. The number of carbonyl (C=O) groups is 2. The zero-order valence-electron chi connectivity index (χ0n) is 16.7. The van der Waals surface area contributed by atoms with Crippen LogP contribution in [0.4, 0.5) is 0 Å². The number of imide groups is 1. The van der Waals surface area contributed by atoms with E-state index in [1.807, 2.05) is 53.4 Å². The smallest absolute Gasteiger partial charge is 0.278 e. The Morgan fingerprint density at radius 2 is 1.55 bits per heavy atom. The van der Waals surface area contributed by atoms with Crippen LogP contribution in [0.15, 0.2) is 54.2 Å². The monoisotopic (exact) mass is 392 g/mol. The van der Waals surface area contributed by atoms with Crippen molar-refractivity contribution >= 4 is 17.4 Å². The molecule has 6 nitrogen and oxygen atoms in total. The first-order chi connectivity index (χ1) is 14.1.